The maximum atomic E-state index is 12.0. The molecule has 4 nitrogen and oxygen atoms in total. The number of amides is 1. The number of rotatable bonds is 6. The van der Waals surface area contributed by atoms with Gasteiger partial charge in [-0.1, -0.05) is 26.3 Å². The van der Waals surface area contributed by atoms with E-state index >= 15 is 0 Å². The van der Waals surface area contributed by atoms with Gasteiger partial charge in [-0.2, -0.15) is 0 Å². The topological polar surface area (TPSA) is 50.4 Å². The van der Waals surface area contributed by atoms with Crippen molar-refractivity contribution in [3.63, 3.8) is 0 Å². The molecule has 1 aliphatic heterocycles. The predicted octanol–water partition coefficient (Wildman–Crippen LogP) is 2.65. The summed E-state index contributed by atoms with van der Waals surface area (Å²) in [5.41, 5.74) is 1.82. The summed E-state index contributed by atoms with van der Waals surface area (Å²) in [5.74, 6) is 0.652. The Morgan fingerprint density at radius 3 is 2.95 bits per heavy atom. The van der Waals surface area contributed by atoms with E-state index in [1.54, 1.807) is 0 Å². The Morgan fingerprint density at radius 2 is 2.20 bits per heavy atom. The molecule has 20 heavy (non-hydrogen) atoms. The van der Waals surface area contributed by atoms with Crippen LogP contribution in [-0.4, -0.2) is 25.6 Å². The van der Waals surface area contributed by atoms with Gasteiger partial charge >= 0.3 is 0 Å². The van der Waals surface area contributed by atoms with Crippen molar-refractivity contribution in [3.8, 4) is 5.75 Å². The Labute approximate surface area is 120 Å². The average Bonchev–Trinajstić information content (AvgIpc) is 2.65. The third kappa shape index (κ3) is 3.51. The molecule has 1 aromatic rings. The van der Waals surface area contributed by atoms with Crippen molar-refractivity contribution >= 4 is 5.91 Å². The van der Waals surface area contributed by atoms with Crippen LogP contribution >= 0.6 is 0 Å². The molecule has 0 aliphatic carbocycles. The zero-order chi connectivity index (χ0) is 14.4. The van der Waals surface area contributed by atoms with E-state index in [9.17, 15) is 4.79 Å². The smallest absolute Gasteiger partial charge is 0.255 e. The van der Waals surface area contributed by atoms with Crippen LogP contribution in [0.2, 0.25) is 0 Å². The third-order valence-corrected chi connectivity index (χ3v) is 3.51. The lowest BCUT2D eigenvalue weighted by Gasteiger charge is -2.19. The highest BCUT2D eigenvalue weighted by Crippen LogP contribution is 2.26. The molecular formula is C16H24N2O2. The van der Waals surface area contributed by atoms with Crippen LogP contribution in [0.4, 0.5) is 0 Å². The molecule has 0 bridgehead atoms. The van der Waals surface area contributed by atoms with Gasteiger partial charge in [0.1, 0.15) is 12.4 Å². The largest absolute Gasteiger partial charge is 0.491 e. The lowest BCUT2D eigenvalue weighted by Crippen LogP contribution is -2.25. The summed E-state index contributed by atoms with van der Waals surface area (Å²) >= 11 is 0. The van der Waals surface area contributed by atoms with Crippen molar-refractivity contribution in [3.05, 3.63) is 29.3 Å². The molecule has 1 heterocycles. The number of fused-ring (bicyclic) bond motifs is 1. The van der Waals surface area contributed by atoms with Crippen molar-refractivity contribution in [1.82, 2.24) is 10.6 Å². The van der Waals surface area contributed by atoms with Crippen molar-refractivity contribution in [2.45, 2.75) is 39.2 Å². The van der Waals surface area contributed by atoms with Crippen LogP contribution in [0.15, 0.2) is 18.2 Å². The fourth-order valence-electron chi connectivity index (χ4n) is 2.48. The van der Waals surface area contributed by atoms with Crippen molar-refractivity contribution in [2.24, 2.45) is 0 Å². The van der Waals surface area contributed by atoms with E-state index in [2.05, 4.69) is 30.5 Å². The van der Waals surface area contributed by atoms with Crippen molar-refractivity contribution in [1.29, 1.82) is 0 Å². The normalized spacial score (nSPS) is 15.8. The van der Waals surface area contributed by atoms with E-state index in [0.29, 0.717) is 30.5 Å². The maximum absolute atomic E-state index is 12.0. The second-order valence-electron chi connectivity index (χ2n) is 5.16. The molecule has 1 unspecified atom stereocenters. The average molecular weight is 276 g/mol. The van der Waals surface area contributed by atoms with Crippen molar-refractivity contribution in [2.75, 3.05) is 19.7 Å². The first kappa shape index (κ1) is 14.9. The minimum Gasteiger partial charge on any atom is -0.491 e. The van der Waals surface area contributed by atoms with Gasteiger partial charge in [0.25, 0.3) is 5.91 Å². The molecule has 1 aliphatic rings. The highest BCUT2D eigenvalue weighted by Gasteiger charge is 2.19. The first-order valence-corrected chi connectivity index (χ1v) is 7.54. The molecule has 1 aromatic carbocycles. The maximum Gasteiger partial charge on any atom is 0.255 e. The predicted molar refractivity (Wildman–Crippen MR) is 80.2 cm³/mol. The summed E-state index contributed by atoms with van der Waals surface area (Å²) < 4.78 is 5.59. The molecule has 2 N–H and O–H groups in total. The van der Waals surface area contributed by atoms with Gasteiger partial charge in [-0.25, -0.2) is 0 Å². The number of hydrogen-bond donors (Lipinski definition) is 2. The minimum absolute atomic E-state index is 0.0370. The Balaban J connectivity index is 2.24. The second kappa shape index (κ2) is 7.29. The summed E-state index contributed by atoms with van der Waals surface area (Å²) in [6.07, 6.45) is 3.29. The van der Waals surface area contributed by atoms with Gasteiger partial charge in [-0.05, 0) is 37.1 Å². The van der Waals surface area contributed by atoms with E-state index in [4.69, 9.17) is 4.74 Å². The first-order valence-electron chi connectivity index (χ1n) is 7.54. The van der Waals surface area contributed by atoms with Crippen LogP contribution in [0.5, 0.6) is 5.75 Å². The fraction of sp³-hybridized carbons (Fsp3) is 0.562. The molecule has 0 spiro atoms. The third-order valence-electron chi connectivity index (χ3n) is 3.51. The fourth-order valence-corrected chi connectivity index (χ4v) is 2.48. The van der Waals surface area contributed by atoms with Crippen LogP contribution in [0, 0.1) is 0 Å². The van der Waals surface area contributed by atoms with E-state index in [0.717, 1.165) is 25.8 Å². The Kier molecular flexibility index (Phi) is 5.41. The van der Waals surface area contributed by atoms with Gasteiger partial charge in [0.05, 0.1) is 12.1 Å². The minimum atomic E-state index is -0.0370. The molecule has 2 rings (SSSR count). The van der Waals surface area contributed by atoms with E-state index in [1.807, 2.05) is 12.1 Å². The Hall–Kier alpha value is -1.55. The van der Waals surface area contributed by atoms with Gasteiger partial charge in [-0.3, -0.25) is 4.79 Å². The zero-order valence-electron chi connectivity index (χ0n) is 12.4. The van der Waals surface area contributed by atoms with Crippen molar-refractivity contribution < 1.29 is 9.53 Å². The Morgan fingerprint density at radius 1 is 1.35 bits per heavy atom. The molecule has 110 valence electrons. The molecule has 1 amide bonds. The summed E-state index contributed by atoms with van der Waals surface area (Å²) in [5, 5.41) is 6.41. The number of carbonyl (C=O) groups excluding carboxylic acids is 1. The summed E-state index contributed by atoms with van der Waals surface area (Å²) in [4.78, 5) is 12.0. The first-order chi connectivity index (χ1) is 9.76. The molecule has 0 aromatic heterocycles. The number of carbonyl (C=O) groups is 1. The number of nitrogens with one attached hydrogen (secondary N) is 2. The van der Waals surface area contributed by atoms with Gasteiger partial charge in [0, 0.05) is 6.04 Å². The van der Waals surface area contributed by atoms with Crippen LogP contribution in [-0.2, 0) is 0 Å². The molecule has 1 atom stereocenters. The van der Waals surface area contributed by atoms with E-state index in [1.165, 1.54) is 5.56 Å². The Bertz CT molecular complexity index is 460. The van der Waals surface area contributed by atoms with Crippen LogP contribution < -0.4 is 15.4 Å². The van der Waals surface area contributed by atoms with Gasteiger partial charge in [0.15, 0.2) is 0 Å². The molecule has 0 fully saturated rings. The molecular weight excluding hydrogens is 252 g/mol. The van der Waals surface area contributed by atoms with Gasteiger partial charge < -0.3 is 15.4 Å². The monoisotopic (exact) mass is 276 g/mol. The lowest BCUT2D eigenvalue weighted by atomic mass is 9.99. The SMILES string of the molecule is CCCNC(CCC)c1ccc2c(c1)C(=O)NCCO2. The highest BCUT2D eigenvalue weighted by atomic mass is 16.5. The standard InChI is InChI=1S/C16H24N2O2/c1-3-5-14(17-8-4-2)12-6-7-15-13(11-12)16(19)18-9-10-20-15/h6-7,11,14,17H,3-5,8-10H2,1-2H3,(H,18,19). The summed E-state index contributed by atoms with van der Waals surface area (Å²) in [6, 6.07) is 6.27. The van der Waals surface area contributed by atoms with Crippen LogP contribution in [0.25, 0.3) is 0 Å². The number of hydrogen-bond acceptors (Lipinski definition) is 3. The second-order valence-corrected chi connectivity index (χ2v) is 5.16. The summed E-state index contributed by atoms with van der Waals surface area (Å²) in [6.45, 7) is 6.43. The van der Waals surface area contributed by atoms with Crippen LogP contribution in [0.1, 0.15) is 55.1 Å². The van der Waals surface area contributed by atoms with E-state index in [-0.39, 0.29) is 5.91 Å². The van der Waals surface area contributed by atoms with E-state index < -0.39 is 0 Å². The highest BCUT2D eigenvalue weighted by molar-refractivity contribution is 5.97. The quantitative estimate of drug-likeness (QED) is 0.840. The lowest BCUT2D eigenvalue weighted by molar-refractivity contribution is 0.0957. The molecule has 0 saturated heterocycles. The zero-order valence-corrected chi connectivity index (χ0v) is 12.4. The molecule has 4 heteroatoms. The van der Waals surface area contributed by atoms with Gasteiger partial charge in [-0.15, -0.1) is 0 Å². The molecule has 0 radical (unpaired) electrons. The van der Waals surface area contributed by atoms with Crippen LogP contribution in [0.3, 0.4) is 0 Å². The number of benzene rings is 1. The van der Waals surface area contributed by atoms with Gasteiger partial charge in [0.2, 0.25) is 0 Å². The molecule has 0 saturated carbocycles. The number of ether oxygens (including phenoxy) is 1. The summed E-state index contributed by atoms with van der Waals surface area (Å²) in [7, 11) is 0.